The van der Waals surface area contributed by atoms with Gasteiger partial charge in [-0.05, 0) is 37.1 Å². The van der Waals surface area contributed by atoms with E-state index in [4.69, 9.17) is 4.74 Å². The lowest BCUT2D eigenvalue weighted by molar-refractivity contribution is -0.135. The summed E-state index contributed by atoms with van der Waals surface area (Å²) in [5.74, 6) is 0.658. The van der Waals surface area contributed by atoms with Gasteiger partial charge in [-0.2, -0.15) is 0 Å². The number of Topliss-reactive ketones (excluding diaryl/α,β-unsaturated/α-hetero) is 1. The zero-order chi connectivity index (χ0) is 12.4. The van der Waals surface area contributed by atoms with Gasteiger partial charge in [0.1, 0.15) is 5.78 Å². The van der Waals surface area contributed by atoms with Crippen LogP contribution in [0.15, 0.2) is 17.5 Å². The van der Waals surface area contributed by atoms with Gasteiger partial charge in [0.15, 0.2) is 0 Å². The van der Waals surface area contributed by atoms with Crippen LogP contribution in [0.5, 0.6) is 0 Å². The molecule has 0 bridgehead atoms. The van der Waals surface area contributed by atoms with Gasteiger partial charge in [-0.15, -0.1) is 11.3 Å². The zero-order valence-corrected chi connectivity index (χ0v) is 11.5. The second-order valence-corrected chi connectivity index (χ2v) is 6.68. The molecule has 1 aromatic heterocycles. The van der Waals surface area contributed by atoms with E-state index in [1.165, 1.54) is 17.7 Å². The van der Waals surface area contributed by atoms with Crippen LogP contribution in [0.2, 0.25) is 0 Å². The van der Waals surface area contributed by atoms with Crippen LogP contribution in [0.3, 0.4) is 0 Å². The van der Waals surface area contributed by atoms with E-state index in [9.17, 15) is 4.79 Å². The minimum Gasteiger partial charge on any atom is -0.375 e. The third-order valence-corrected chi connectivity index (χ3v) is 5.27. The van der Waals surface area contributed by atoms with E-state index in [2.05, 4.69) is 6.07 Å². The number of rotatable bonds is 3. The first-order valence-electron chi connectivity index (χ1n) is 6.97. The Labute approximate surface area is 112 Å². The van der Waals surface area contributed by atoms with Crippen LogP contribution in [0.25, 0.3) is 0 Å². The first-order chi connectivity index (χ1) is 8.77. The molecular formula is C15H20O2S. The van der Waals surface area contributed by atoms with Crippen LogP contribution in [-0.2, 0) is 16.0 Å². The van der Waals surface area contributed by atoms with Crippen LogP contribution in [0, 0.1) is 5.92 Å². The number of ether oxygens (including phenoxy) is 1. The van der Waals surface area contributed by atoms with Crippen molar-refractivity contribution in [2.45, 2.75) is 50.5 Å². The Balaban J connectivity index is 1.63. The molecule has 18 heavy (non-hydrogen) atoms. The maximum atomic E-state index is 12.4. The molecule has 3 heteroatoms. The van der Waals surface area contributed by atoms with Gasteiger partial charge in [0.2, 0.25) is 0 Å². The molecule has 1 aromatic rings. The van der Waals surface area contributed by atoms with Crippen molar-refractivity contribution < 1.29 is 9.53 Å². The van der Waals surface area contributed by atoms with Crippen molar-refractivity contribution in [3.05, 3.63) is 22.4 Å². The van der Waals surface area contributed by atoms with Crippen LogP contribution >= 0.6 is 11.3 Å². The predicted octanol–water partition coefficient (Wildman–Crippen LogP) is 3.60. The van der Waals surface area contributed by atoms with Crippen molar-refractivity contribution in [1.82, 2.24) is 0 Å². The third kappa shape index (κ3) is 2.52. The summed E-state index contributed by atoms with van der Waals surface area (Å²) in [6.07, 6.45) is 7.38. The monoisotopic (exact) mass is 264 g/mol. The highest BCUT2D eigenvalue weighted by Gasteiger charge is 2.41. The maximum Gasteiger partial charge on any atom is 0.141 e. The molecule has 2 aliphatic rings. The molecule has 2 fully saturated rings. The highest BCUT2D eigenvalue weighted by molar-refractivity contribution is 7.10. The highest BCUT2D eigenvalue weighted by atomic mass is 32.1. The molecule has 1 aliphatic carbocycles. The Bertz CT molecular complexity index is 404. The maximum absolute atomic E-state index is 12.4. The van der Waals surface area contributed by atoms with E-state index in [0.29, 0.717) is 12.2 Å². The summed E-state index contributed by atoms with van der Waals surface area (Å²) in [6.45, 7) is 0.779. The van der Waals surface area contributed by atoms with E-state index in [1.807, 2.05) is 11.4 Å². The summed E-state index contributed by atoms with van der Waals surface area (Å²) in [5.41, 5.74) is 0.0635. The topological polar surface area (TPSA) is 26.3 Å². The third-order valence-electron chi connectivity index (χ3n) is 4.39. The molecule has 2 nitrogen and oxygen atoms in total. The Kier molecular flexibility index (Phi) is 3.53. The second kappa shape index (κ2) is 5.14. The molecule has 1 saturated carbocycles. The molecule has 0 radical (unpaired) electrons. The van der Waals surface area contributed by atoms with Gasteiger partial charge in [-0.25, -0.2) is 0 Å². The van der Waals surface area contributed by atoms with Crippen LogP contribution in [0.1, 0.15) is 43.4 Å². The van der Waals surface area contributed by atoms with Crippen LogP contribution in [0.4, 0.5) is 0 Å². The molecular weight excluding hydrogens is 244 g/mol. The molecule has 1 aliphatic heterocycles. The largest absolute Gasteiger partial charge is 0.375 e. The Hall–Kier alpha value is -0.670. The first-order valence-corrected chi connectivity index (χ1v) is 7.84. The van der Waals surface area contributed by atoms with E-state index in [-0.39, 0.29) is 11.5 Å². The number of hydrogen-bond acceptors (Lipinski definition) is 3. The van der Waals surface area contributed by atoms with Crippen molar-refractivity contribution in [2.75, 3.05) is 6.61 Å². The Morgan fingerprint density at radius 1 is 1.44 bits per heavy atom. The van der Waals surface area contributed by atoms with E-state index >= 15 is 0 Å². The summed E-state index contributed by atoms with van der Waals surface area (Å²) >= 11 is 1.69. The SMILES string of the molecule is O=C(Cc1cccs1)C1CCOC2(CCCC2)C1. The lowest BCUT2D eigenvalue weighted by atomic mass is 9.81. The molecule has 0 aromatic carbocycles. The van der Waals surface area contributed by atoms with Gasteiger partial charge < -0.3 is 4.74 Å². The number of carbonyl (C=O) groups is 1. The van der Waals surface area contributed by atoms with Gasteiger partial charge in [0, 0.05) is 23.8 Å². The second-order valence-electron chi connectivity index (χ2n) is 5.65. The summed E-state index contributed by atoms with van der Waals surface area (Å²) < 4.78 is 5.99. The van der Waals surface area contributed by atoms with Crippen molar-refractivity contribution in [1.29, 1.82) is 0 Å². The van der Waals surface area contributed by atoms with Crippen LogP contribution < -0.4 is 0 Å². The van der Waals surface area contributed by atoms with Crippen molar-refractivity contribution in [2.24, 2.45) is 5.92 Å². The van der Waals surface area contributed by atoms with Crippen molar-refractivity contribution >= 4 is 17.1 Å². The average Bonchev–Trinajstić information content (AvgIpc) is 3.02. The minimum absolute atomic E-state index is 0.0635. The summed E-state index contributed by atoms with van der Waals surface area (Å²) in [7, 11) is 0. The highest BCUT2D eigenvalue weighted by Crippen LogP contribution is 2.42. The molecule has 0 N–H and O–H groups in total. The molecule has 98 valence electrons. The molecule has 0 amide bonds. The lowest BCUT2D eigenvalue weighted by Crippen LogP contribution is -2.40. The standard InChI is InChI=1S/C15H20O2S/c16-14(10-13-4-3-9-18-13)12-5-8-17-15(11-12)6-1-2-7-15/h3-4,9,12H,1-2,5-8,10-11H2. The first kappa shape index (κ1) is 12.4. The summed E-state index contributed by atoms with van der Waals surface area (Å²) in [6, 6.07) is 4.09. The zero-order valence-electron chi connectivity index (χ0n) is 10.7. The van der Waals surface area contributed by atoms with Gasteiger partial charge in [-0.3, -0.25) is 4.79 Å². The fourth-order valence-electron chi connectivity index (χ4n) is 3.40. The quantitative estimate of drug-likeness (QED) is 0.834. The number of hydrogen-bond donors (Lipinski definition) is 0. The predicted molar refractivity (Wildman–Crippen MR) is 72.9 cm³/mol. The number of carbonyl (C=O) groups excluding carboxylic acids is 1. The number of thiophene rings is 1. The molecule has 1 spiro atoms. The Morgan fingerprint density at radius 2 is 2.28 bits per heavy atom. The van der Waals surface area contributed by atoms with Gasteiger partial charge in [-0.1, -0.05) is 18.9 Å². The van der Waals surface area contributed by atoms with Crippen LogP contribution in [-0.4, -0.2) is 18.0 Å². The van der Waals surface area contributed by atoms with Crippen molar-refractivity contribution in [3.63, 3.8) is 0 Å². The fraction of sp³-hybridized carbons (Fsp3) is 0.667. The molecule has 2 heterocycles. The van der Waals surface area contributed by atoms with E-state index in [1.54, 1.807) is 11.3 Å². The average molecular weight is 264 g/mol. The van der Waals surface area contributed by atoms with E-state index in [0.717, 1.165) is 32.3 Å². The van der Waals surface area contributed by atoms with Gasteiger partial charge in [0.05, 0.1) is 5.60 Å². The van der Waals surface area contributed by atoms with Crippen molar-refractivity contribution in [3.8, 4) is 0 Å². The smallest absolute Gasteiger partial charge is 0.141 e. The van der Waals surface area contributed by atoms with E-state index < -0.39 is 0 Å². The fourth-order valence-corrected chi connectivity index (χ4v) is 4.11. The molecule has 1 saturated heterocycles. The summed E-state index contributed by atoms with van der Waals surface area (Å²) in [4.78, 5) is 13.6. The summed E-state index contributed by atoms with van der Waals surface area (Å²) in [5, 5.41) is 2.05. The Morgan fingerprint density at radius 3 is 3.00 bits per heavy atom. The number of ketones is 1. The lowest BCUT2D eigenvalue weighted by Gasteiger charge is -2.37. The minimum atomic E-state index is 0.0635. The normalized spacial score (nSPS) is 26.6. The molecule has 1 atom stereocenters. The van der Waals surface area contributed by atoms with Gasteiger partial charge in [0.25, 0.3) is 0 Å². The molecule has 1 unspecified atom stereocenters. The van der Waals surface area contributed by atoms with Gasteiger partial charge >= 0.3 is 0 Å². The molecule has 3 rings (SSSR count).